The third-order valence-corrected chi connectivity index (χ3v) is 8.22. The molecule has 0 radical (unpaired) electrons. The van der Waals surface area contributed by atoms with Crippen LogP contribution in [0.15, 0.2) is 60.7 Å². The maximum atomic E-state index is 14.1. The molecule has 2 aromatic carbocycles. The van der Waals surface area contributed by atoms with Gasteiger partial charge in [-0.15, -0.1) is 0 Å². The Balaban J connectivity index is 2.13. The second-order valence-corrected chi connectivity index (χ2v) is 13.5. The molecule has 10 heteroatoms. The molecule has 0 aliphatic carbocycles. The minimum Gasteiger partial charge on any atom is -0.343 e. The van der Waals surface area contributed by atoms with Crippen molar-refractivity contribution >= 4 is 29.5 Å². The summed E-state index contributed by atoms with van der Waals surface area (Å²) in [5, 5.41) is 11.5. The summed E-state index contributed by atoms with van der Waals surface area (Å²) in [6, 6.07) is 13.8. The largest absolute Gasteiger partial charge is 0.343 e. The molecule has 0 saturated carbocycles. The van der Waals surface area contributed by atoms with Gasteiger partial charge in [0.25, 0.3) is 0 Å². The van der Waals surface area contributed by atoms with Gasteiger partial charge in [-0.1, -0.05) is 102 Å². The Labute approximate surface area is 273 Å². The molecule has 1 saturated heterocycles. The molecule has 0 spiro atoms. The first-order chi connectivity index (χ1) is 21.8. The van der Waals surface area contributed by atoms with Gasteiger partial charge in [0.15, 0.2) is 0 Å². The van der Waals surface area contributed by atoms with Crippen LogP contribution in [0.2, 0.25) is 0 Å². The van der Waals surface area contributed by atoms with Gasteiger partial charge in [0.1, 0.15) is 30.2 Å². The van der Waals surface area contributed by atoms with Crippen molar-refractivity contribution in [2.45, 2.75) is 97.4 Å². The van der Waals surface area contributed by atoms with E-state index >= 15 is 0 Å². The highest BCUT2D eigenvalue weighted by atomic mass is 16.2. The number of nitrogens with one attached hydrogen (secondary N) is 4. The number of likely N-dealkylation sites (N-methyl/N-ethyl adjacent to an activating group) is 1. The molecule has 1 heterocycles. The van der Waals surface area contributed by atoms with Gasteiger partial charge in [-0.2, -0.15) is 0 Å². The fourth-order valence-corrected chi connectivity index (χ4v) is 5.66. The van der Waals surface area contributed by atoms with Crippen molar-refractivity contribution in [3.63, 3.8) is 0 Å². The monoisotopic (exact) mass is 633 g/mol. The summed E-state index contributed by atoms with van der Waals surface area (Å²) in [5.74, 6) is -2.66. The molecule has 4 N–H and O–H groups in total. The number of carbonyl (C=O) groups is 5. The Morgan fingerprint density at radius 3 is 1.43 bits per heavy atom. The fraction of sp³-hybridized carbons (Fsp3) is 0.528. The highest BCUT2D eigenvalue weighted by Crippen LogP contribution is 2.16. The lowest BCUT2D eigenvalue weighted by atomic mass is 9.97. The molecular formula is C36H51N5O5. The number of hydrogen-bond donors (Lipinski definition) is 4. The smallest absolute Gasteiger partial charge is 0.245 e. The van der Waals surface area contributed by atoms with Crippen LogP contribution >= 0.6 is 0 Å². The molecule has 1 fully saturated rings. The first kappa shape index (κ1) is 36.3. The minimum atomic E-state index is -1.03. The van der Waals surface area contributed by atoms with Crippen LogP contribution in [0.3, 0.4) is 0 Å². The van der Waals surface area contributed by atoms with E-state index in [9.17, 15) is 24.0 Å². The Morgan fingerprint density at radius 1 is 0.565 bits per heavy atom. The number of carbonyl (C=O) groups excluding carboxylic acids is 5. The molecule has 5 amide bonds. The predicted molar refractivity (Wildman–Crippen MR) is 178 cm³/mol. The van der Waals surface area contributed by atoms with Crippen LogP contribution in [-0.2, 0) is 36.8 Å². The number of amides is 5. The van der Waals surface area contributed by atoms with E-state index in [1.54, 1.807) is 7.05 Å². The average molecular weight is 634 g/mol. The van der Waals surface area contributed by atoms with Crippen molar-refractivity contribution in [3.8, 4) is 0 Å². The summed E-state index contributed by atoms with van der Waals surface area (Å²) < 4.78 is 0. The lowest BCUT2D eigenvalue weighted by molar-refractivity contribution is -0.143. The fourth-order valence-electron chi connectivity index (χ4n) is 5.66. The summed E-state index contributed by atoms with van der Waals surface area (Å²) in [6.07, 6.45) is 1.03. The lowest BCUT2D eigenvalue weighted by Crippen LogP contribution is -2.59. The van der Waals surface area contributed by atoms with E-state index in [4.69, 9.17) is 0 Å². The van der Waals surface area contributed by atoms with E-state index in [0.717, 1.165) is 11.1 Å². The van der Waals surface area contributed by atoms with Gasteiger partial charge < -0.3 is 26.2 Å². The Bertz CT molecular complexity index is 1330. The van der Waals surface area contributed by atoms with Gasteiger partial charge >= 0.3 is 0 Å². The lowest BCUT2D eigenvalue weighted by Gasteiger charge is -2.33. The van der Waals surface area contributed by atoms with Crippen molar-refractivity contribution in [2.75, 3.05) is 7.05 Å². The number of benzene rings is 2. The summed E-state index contributed by atoms with van der Waals surface area (Å²) >= 11 is 0. The molecule has 10 nitrogen and oxygen atoms in total. The van der Waals surface area contributed by atoms with Crippen LogP contribution in [-0.4, -0.2) is 71.7 Å². The van der Waals surface area contributed by atoms with E-state index in [-0.39, 0.29) is 30.6 Å². The van der Waals surface area contributed by atoms with E-state index in [1.165, 1.54) is 4.90 Å². The van der Waals surface area contributed by atoms with Crippen molar-refractivity contribution in [2.24, 2.45) is 17.8 Å². The maximum Gasteiger partial charge on any atom is 0.245 e. The third-order valence-electron chi connectivity index (χ3n) is 8.22. The quantitative estimate of drug-likeness (QED) is 0.337. The Morgan fingerprint density at radius 2 is 0.978 bits per heavy atom. The molecule has 1 aliphatic heterocycles. The van der Waals surface area contributed by atoms with Crippen molar-refractivity contribution in [1.82, 2.24) is 26.2 Å². The van der Waals surface area contributed by atoms with Gasteiger partial charge in [-0.05, 0) is 41.7 Å². The Hall–Kier alpha value is -4.21. The predicted octanol–water partition coefficient (Wildman–Crippen LogP) is 3.00. The van der Waals surface area contributed by atoms with E-state index in [1.807, 2.05) is 102 Å². The number of nitrogens with zero attached hydrogens (tertiary/aromatic N) is 1. The van der Waals surface area contributed by atoms with E-state index < -0.39 is 59.7 Å². The second kappa shape index (κ2) is 16.9. The number of rotatable bonds is 9. The van der Waals surface area contributed by atoms with Crippen LogP contribution in [0.1, 0.15) is 65.5 Å². The molecule has 3 rings (SSSR count). The molecule has 2 aromatic rings. The standard InChI is InChI=1S/C36H51N5O5/c1-22(2)18-27-32(42)38-28(19-23(3)4)34(44)40-31(24(5)6)36(46)41(7)30(21-26-16-12-9-13-17-26)35(45)39-29(33(43)37-27)20-25-14-10-8-11-15-25/h8-17,22-24,27-31H,18-21H2,1-7H3,(H,37,43)(H,38,42)(H,39,45)(H,40,44)/t27-,28-,29-,30+,31+/m0/s1. The van der Waals surface area contributed by atoms with Gasteiger partial charge in [-0.3, -0.25) is 24.0 Å². The van der Waals surface area contributed by atoms with E-state index in [2.05, 4.69) is 21.3 Å². The van der Waals surface area contributed by atoms with Crippen LogP contribution in [0.5, 0.6) is 0 Å². The van der Waals surface area contributed by atoms with Crippen molar-refractivity contribution in [3.05, 3.63) is 71.8 Å². The minimum absolute atomic E-state index is 0.0459. The first-order valence-corrected chi connectivity index (χ1v) is 16.3. The molecule has 46 heavy (non-hydrogen) atoms. The first-order valence-electron chi connectivity index (χ1n) is 16.3. The average Bonchev–Trinajstić information content (AvgIpc) is 3.00. The zero-order valence-electron chi connectivity index (χ0n) is 28.2. The molecule has 0 aromatic heterocycles. The third kappa shape index (κ3) is 10.4. The molecule has 0 bridgehead atoms. The molecular weight excluding hydrogens is 582 g/mol. The summed E-state index contributed by atoms with van der Waals surface area (Å²) in [7, 11) is 1.55. The van der Waals surface area contributed by atoms with Gasteiger partial charge in [0, 0.05) is 19.9 Å². The zero-order chi connectivity index (χ0) is 34.0. The highest BCUT2D eigenvalue weighted by Gasteiger charge is 2.38. The normalized spacial score (nSPS) is 23.8. The topological polar surface area (TPSA) is 137 Å². The summed E-state index contributed by atoms with van der Waals surface area (Å²) in [5.41, 5.74) is 1.65. The molecule has 1 aliphatic rings. The molecule has 250 valence electrons. The van der Waals surface area contributed by atoms with Crippen molar-refractivity contribution < 1.29 is 24.0 Å². The second-order valence-electron chi connectivity index (χ2n) is 13.5. The van der Waals surface area contributed by atoms with Gasteiger partial charge in [-0.25, -0.2) is 0 Å². The van der Waals surface area contributed by atoms with Gasteiger partial charge in [0.05, 0.1) is 0 Å². The SMILES string of the molecule is CC(C)C[C@@H]1NC(=O)[C@H](Cc2ccccc2)NC(=O)[C@@H](Cc2ccccc2)N(C)C(=O)[C@@H](C(C)C)NC(=O)[C@H](CC(C)C)NC1=O. The van der Waals surface area contributed by atoms with Crippen LogP contribution in [0.25, 0.3) is 0 Å². The Kier molecular flexibility index (Phi) is 13.3. The highest BCUT2D eigenvalue weighted by molar-refractivity contribution is 5.98. The summed E-state index contributed by atoms with van der Waals surface area (Å²) in [6.45, 7) is 11.4. The molecule has 0 unspecified atom stereocenters. The molecule has 5 atom stereocenters. The van der Waals surface area contributed by atoms with Crippen molar-refractivity contribution in [1.29, 1.82) is 0 Å². The summed E-state index contributed by atoms with van der Waals surface area (Å²) in [4.78, 5) is 71.0. The van der Waals surface area contributed by atoms with Crippen LogP contribution in [0, 0.1) is 17.8 Å². The van der Waals surface area contributed by atoms with Gasteiger partial charge in [0.2, 0.25) is 29.5 Å². The number of hydrogen-bond acceptors (Lipinski definition) is 5. The van der Waals surface area contributed by atoms with E-state index in [0.29, 0.717) is 12.8 Å². The zero-order valence-corrected chi connectivity index (χ0v) is 28.2. The van der Waals surface area contributed by atoms with Crippen LogP contribution < -0.4 is 21.3 Å². The maximum absolute atomic E-state index is 14.1. The van der Waals surface area contributed by atoms with Crippen LogP contribution in [0.4, 0.5) is 0 Å².